The molecule has 1 aromatic carbocycles. The smallest absolute Gasteiger partial charge is 0.265 e. The van der Waals surface area contributed by atoms with Crippen molar-refractivity contribution < 1.29 is 19.1 Å². The second-order valence-electron chi connectivity index (χ2n) is 6.95. The molecule has 28 heavy (non-hydrogen) atoms. The molecule has 0 spiro atoms. The van der Waals surface area contributed by atoms with Gasteiger partial charge in [0.25, 0.3) is 5.91 Å². The van der Waals surface area contributed by atoms with Crippen LogP contribution in [0.1, 0.15) is 19.0 Å². The molecule has 8 nitrogen and oxygen atoms in total. The quantitative estimate of drug-likeness (QED) is 0.842. The zero-order chi connectivity index (χ0) is 19.7. The van der Waals surface area contributed by atoms with Gasteiger partial charge in [0.1, 0.15) is 5.75 Å². The highest BCUT2D eigenvalue weighted by molar-refractivity contribution is 6.00. The minimum atomic E-state index is -0.553. The summed E-state index contributed by atoms with van der Waals surface area (Å²) in [5.74, 6) is -0.401. The van der Waals surface area contributed by atoms with Gasteiger partial charge in [0.15, 0.2) is 6.10 Å². The van der Waals surface area contributed by atoms with Gasteiger partial charge in [-0.15, -0.1) is 0 Å². The molecule has 1 fully saturated rings. The van der Waals surface area contributed by atoms with Crippen molar-refractivity contribution in [1.82, 2.24) is 9.88 Å². The summed E-state index contributed by atoms with van der Waals surface area (Å²) >= 11 is 0. The number of anilines is 2. The topological polar surface area (TPSA) is 101 Å². The number of likely N-dealkylation sites (tertiary alicyclic amines) is 1. The number of amides is 3. The first-order chi connectivity index (χ1) is 13.5. The van der Waals surface area contributed by atoms with E-state index in [4.69, 9.17) is 4.74 Å². The van der Waals surface area contributed by atoms with Crippen LogP contribution in [-0.2, 0) is 20.9 Å². The maximum atomic E-state index is 12.6. The van der Waals surface area contributed by atoms with E-state index < -0.39 is 12.0 Å². The Morgan fingerprint density at radius 2 is 2.18 bits per heavy atom. The fourth-order valence-electron chi connectivity index (χ4n) is 3.32. The lowest BCUT2D eigenvalue weighted by atomic mass is 10.1. The first kappa shape index (κ1) is 18.0. The number of carbonyl (C=O) groups excluding carboxylic acids is 3. The molecule has 0 bridgehead atoms. The number of benzene rings is 1. The van der Waals surface area contributed by atoms with Crippen LogP contribution in [0.4, 0.5) is 11.4 Å². The van der Waals surface area contributed by atoms with E-state index in [1.54, 1.807) is 36.2 Å². The van der Waals surface area contributed by atoms with Crippen LogP contribution in [0.3, 0.4) is 0 Å². The van der Waals surface area contributed by atoms with Gasteiger partial charge in [-0.25, -0.2) is 0 Å². The number of hydrogen-bond donors (Lipinski definition) is 2. The van der Waals surface area contributed by atoms with Crippen molar-refractivity contribution in [2.75, 3.05) is 17.2 Å². The van der Waals surface area contributed by atoms with E-state index in [1.165, 1.54) is 0 Å². The Bertz CT molecular complexity index is 931. The minimum absolute atomic E-state index is 0.0640. The maximum absolute atomic E-state index is 12.6. The third-order valence-electron chi connectivity index (χ3n) is 4.84. The molecule has 0 radical (unpaired) electrons. The summed E-state index contributed by atoms with van der Waals surface area (Å²) in [6.45, 7) is 2.41. The number of carbonyl (C=O) groups is 3. The Morgan fingerprint density at radius 1 is 1.32 bits per heavy atom. The number of aromatic nitrogens is 1. The molecule has 8 heteroatoms. The lowest BCUT2D eigenvalue weighted by Crippen LogP contribution is -2.34. The summed E-state index contributed by atoms with van der Waals surface area (Å²) in [4.78, 5) is 42.5. The van der Waals surface area contributed by atoms with Gasteiger partial charge >= 0.3 is 0 Å². The van der Waals surface area contributed by atoms with Crippen molar-refractivity contribution in [3.05, 3.63) is 48.3 Å². The number of hydrogen-bond acceptors (Lipinski definition) is 5. The number of rotatable bonds is 4. The molecule has 0 aliphatic carbocycles. The summed E-state index contributed by atoms with van der Waals surface area (Å²) in [6.07, 6.45) is 1.29. The molecule has 4 rings (SSSR count). The third-order valence-corrected chi connectivity index (χ3v) is 4.84. The van der Waals surface area contributed by atoms with Crippen LogP contribution in [0, 0.1) is 5.92 Å². The zero-order valence-corrected chi connectivity index (χ0v) is 15.3. The fraction of sp³-hybridized carbons (Fsp3) is 0.300. The molecule has 3 amide bonds. The Kier molecular flexibility index (Phi) is 4.68. The second kappa shape index (κ2) is 7.30. The Labute approximate surface area is 161 Å². The Hall–Kier alpha value is -3.42. The number of nitrogens with one attached hydrogen (secondary N) is 2. The van der Waals surface area contributed by atoms with E-state index in [2.05, 4.69) is 15.6 Å². The average molecular weight is 380 g/mol. The van der Waals surface area contributed by atoms with Gasteiger partial charge in [-0.2, -0.15) is 0 Å². The molecule has 2 aliphatic heterocycles. The Morgan fingerprint density at radius 3 is 2.96 bits per heavy atom. The molecule has 1 aromatic heterocycles. The van der Waals surface area contributed by atoms with Gasteiger partial charge in [0.05, 0.1) is 23.8 Å². The molecule has 2 N–H and O–H groups in total. The van der Waals surface area contributed by atoms with Crippen LogP contribution in [0.25, 0.3) is 0 Å². The third kappa shape index (κ3) is 3.66. The van der Waals surface area contributed by atoms with Crippen molar-refractivity contribution in [2.45, 2.75) is 26.0 Å². The monoisotopic (exact) mass is 380 g/mol. The van der Waals surface area contributed by atoms with Crippen LogP contribution in [0.15, 0.2) is 42.6 Å². The van der Waals surface area contributed by atoms with Crippen molar-refractivity contribution >= 4 is 29.1 Å². The summed E-state index contributed by atoms with van der Waals surface area (Å²) in [5, 5.41) is 5.57. The fourth-order valence-corrected chi connectivity index (χ4v) is 3.32. The van der Waals surface area contributed by atoms with E-state index in [0.717, 1.165) is 5.69 Å². The second-order valence-corrected chi connectivity index (χ2v) is 6.95. The predicted octanol–water partition coefficient (Wildman–Crippen LogP) is 1.79. The molecule has 1 saturated heterocycles. The zero-order valence-electron chi connectivity index (χ0n) is 15.3. The van der Waals surface area contributed by atoms with Crippen LogP contribution in [0.5, 0.6) is 5.75 Å². The van der Waals surface area contributed by atoms with Gasteiger partial charge in [-0.05, 0) is 37.3 Å². The molecule has 0 unspecified atom stereocenters. The maximum Gasteiger partial charge on any atom is 0.265 e. The number of nitrogens with zero attached hydrogens (tertiary/aromatic N) is 2. The summed E-state index contributed by atoms with van der Waals surface area (Å²) in [6, 6.07) is 10.6. The van der Waals surface area contributed by atoms with Gasteiger partial charge in [-0.3, -0.25) is 19.4 Å². The minimum Gasteiger partial charge on any atom is -0.479 e. The summed E-state index contributed by atoms with van der Waals surface area (Å²) < 4.78 is 5.51. The molecule has 144 valence electrons. The SMILES string of the molecule is C[C@H]1Oc2ccc(NC(=O)[C@@H]3CC(=O)N(Cc4ccccn4)C3)cc2NC1=O. The van der Waals surface area contributed by atoms with Crippen molar-refractivity contribution in [2.24, 2.45) is 5.92 Å². The van der Waals surface area contributed by atoms with Crippen LogP contribution >= 0.6 is 0 Å². The highest BCUT2D eigenvalue weighted by Gasteiger charge is 2.34. The van der Waals surface area contributed by atoms with Gasteiger partial charge in [0.2, 0.25) is 11.8 Å². The highest BCUT2D eigenvalue weighted by Crippen LogP contribution is 2.32. The van der Waals surface area contributed by atoms with E-state index in [-0.39, 0.29) is 24.1 Å². The van der Waals surface area contributed by atoms with E-state index in [0.29, 0.717) is 30.2 Å². The molecule has 0 saturated carbocycles. The van der Waals surface area contributed by atoms with Crippen LogP contribution in [-0.4, -0.2) is 40.3 Å². The van der Waals surface area contributed by atoms with E-state index >= 15 is 0 Å². The van der Waals surface area contributed by atoms with Crippen molar-refractivity contribution in [1.29, 1.82) is 0 Å². The van der Waals surface area contributed by atoms with Gasteiger partial charge < -0.3 is 20.3 Å². The number of pyridine rings is 1. The first-order valence-corrected chi connectivity index (χ1v) is 9.10. The standard InChI is InChI=1S/C20H20N4O4/c1-12-19(26)23-16-9-14(5-6-17(16)28-12)22-20(27)13-8-18(25)24(10-13)11-15-4-2-3-7-21-15/h2-7,9,12-13H,8,10-11H2,1H3,(H,22,27)(H,23,26)/t12-,13-/m1/s1. The lowest BCUT2D eigenvalue weighted by Gasteiger charge is -2.23. The van der Waals surface area contributed by atoms with E-state index in [1.807, 2.05) is 18.2 Å². The molecular formula is C20H20N4O4. The van der Waals surface area contributed by atoms with Gasteiger partial charge in [0, 0.05) is 24.8 Å². The normalized spacial score (nSPS) is 21.0. The van der Waals surface area contributed by atoms with E-state index in [9.17, 15) is 14.4 Å². The molecule has 3 heterocycles. The first-order valence-electron chi connectivity index (χ1n) is 9.10. The summed E-state index contributed by atoms with van der Waals surface area (Å²) in [7, 11) is 0. The number of ether oxygens (including phenoxy) is 1. The largest absolute Gasteiger partial charge is 0.479 e. The molecular weight excluding hydrogens is 360 g/mol. The predicted molar refractivity (Wildman–Crippen MR) is 102 cm³/mol. The average Bonchev–Trinajstić information content (AvgIpc) is 3.04. The van der Waals surface area contributed by atoms with Crippen molar-refractivity contribution in [3.63, 3.8) is 0 Å². The molecule has 2 aliphatic rings. The van der Waals surface area contributed by atoms with Crippen LogP contribution in [0.2, 0.25) is 0 Å². The molecule has 2 aromatic rings. The summed E-state index contributed by atoms with van der Waals surface area (Å²) in [5.41, 5.74) is 1.84. The highest BCUT2D eigenvalue weighted by atomic mass is 16.5. The van der Waals surface area contributed by atoms with Crippen LogP contribution < -0.4 is 15.4 Å². The Balaban J connectivity index is 1.40. The van der Waals surface area contributed by atoms with Gasteiger partial charge in [-0.1, -0.05) is 6.07 Å². The van der Waals surface area contributed by atoms with Crippen molar-refractivity contribution in [3.8, 4) is 5.75 Å². The molecule has 2 atom stereocenters. The number of fused-ring (bicyclic) bond motifs is 1. The lowest BCUT2D eigenvalue weighted by molar-refractivity contribution is -0.128.